The van der Waals surface area contributed by atoms with Crippen molar-refractivity contribution in [2.45, 2.75) is 38.0 Å². The lowest BCUT2D eigenvalue weighted by molar-refractivity contribution is 0.0783. The number of nitrogens with zero attached hydrogens (tertiary/aromatic N) is 2. The highest BCUT2D eigenvalue weighted by molar-refractivity contribution is 14.0. The third-order valence-corrected chi connectivity index (χ3v) is 6.43. The summed E-state index contributed by atoms with van der Waals surface area (Å²) in [6.45, 7) is 7.96. The summed E-state index contributed by atoms with van der Waals surface area (Å²) in [7, 11) is 0. The minimum atomic E-state index is 0. The minimum Gasteiger partial charge on any atom is -0.444 e. The van der Waals surface area contributed by atoms with Crippen molar-refractivity contribution in [2.75, 3.05) is 32.6 Å². The van der Waals surface area contributed by atoms with Gasteiger partial charge in [-0.3, -0.25) is 0 Å². The third kappa shape index (κ3) is 6.89. The molecule has 0 unspecified atom stereocenters. The molecule has 1 aromatic heterocycles. The molecule has 160 valence electrons. The highest BCUT2D eigenvalue weighted by atomic mass is 127. The molecule has 1 aliphatic heterocycles. The molecule has 0 saturated carbocycles. The molecule has 3 rings (SSSR count). The maximum absolute atomic E-state index is 5.63. The first kappa shape index (κ1) is 24.0. The van der Waals surface area contributed by atoms with E-state index in [1.165, 1.54) is 5.56 Å². The summed E-state index contributed by atoms with van der Waals surface area (Å²) in [6, 6.07) is 8.16. The number of aliphatic imine (C=N–C) groups is 1. The number of nitrogens with one attached hydrogen (secondary N) is 2. The number of thioether (sulfide) groups is 1. The molecule has 1 aliphatic rings. The molecule has 2 N–H and O–H groups in total. The molecular formula is C21H31IN4O2S. The number of hydrogen-bond acceptors (Lipinski definition) is 5. The van der Waals surface area contributed by atoms with Gasteiger partial charge in [0.05, 0.1) is 6.54 Å². The third-order valence-electron chi connectivity index (χ3n) is 5.01. The smallest absolute Gasteiger partial charge is 0.226 e. The molecule has 2 aromatic rings. The van der Waals surface area contributed by atoms with E-state index in [1.54, 1.807) is 6.26 Å². The predicted octanol–water partition coefficient (Wildman–Crippen LogP) is 4.24. The Balaban J connectivity index is 0.00000300. The highest BCUT2D eigenvalue weighted by Gasteiger charge is 2.31. The van der Waals surface area contributed by atoms with Crippen LogP contribution in [0.4, 0.5) is 0 Å². The van der Waals surface area contributed by atoms with Crippen LogP contribution in [-0.4, -0.2) is 48.2 Å². The summed E-state index contributed by atoms with van der Waals surface area (Å²) >= 11 is 1.92. The number of rotatable bonds is 7. The van der Waals surface area contributed by atoms with Crippen molar-refractivity contribution in [3.05, 3.63) is 41.8 Å². The molecule has 29 heavy (non-hydrogen) atoms. The number of aromatic nitrogens is 1. The van der Waals surface area contributed by atoms with Gasteiger partial charge in [-0.05, 0) is 45.1 Å². The second kappa shape index (κ2) is 11.8. The van der Waals surface area contributed by atoms with Gasteiger partial charge in [-0.25, -0.2) is 9.98 Å². The summed E-state index contributed by atoms with van der Waals surface area (Å²) in [5.41, 5.74) is 3.01. The molecule has 0 spiro atoms. The molecule has 2 heterocycles. The Morgan fingerprint density at radius 1 is 1.21 bits per heavy atom. The van der Waals surface area contributed by atoms with Crippen molar-refractivity contribution in [2.24, 2.45) is 4.99 Å². The number of benzene rings is 1. The standard InChI is InChI=1S/C21H30N4O2S.HI/c1-4-22-20(24-15-21(28-3)9-11-26-12-10-21)23-13-18-14-27-19(25-18)17-7-5-16(2)6-8-17;/h5-8,14H,4,9-13,15H2,1-3H3,(H2,22,23,24);1H. The number of halogens is 1. The largest absolute Gasteiger partial charge is 0.444 e. The Bertz CT molecular complexity index is 773. The highest BCUT2D eigenvalue weighted by Crippen LogP contribution is 2.32. The Kier molecular flexibility index (Phi) is 9.78. The van der Waals surface area contributed by atoms with E-state index < -0.39 is 0 Å². The van der Waals surface area contributed by atoms with Crippen LogP contribution in [0.1, 0.15) is 31.0 Å². The maximum atomic E-state index is 5.63. The average molecular weight is 530 g/mol. The lowest BCUT2D eigenvalue weighted by Gasteiger charge is -2.36. The van der Waals surface area contributed by atoms with Gasteiger partial charge >= 0.3 is 0 Å². The van der Waals surface area contributed by atoms with Gasteiger partial charge in [0.25, 0.3) is 0 Å². The Hall–Kier alpha value is -1.26. The van der Waals surface area contributed by atoms with Crippen LogP contribution in [0.5, 0.6) is 0 Å². The van der Waals surface area contributed by atoms with E-state index in [4.69, 9.17) is 9.15 Å². The van der Waals surface area contributed by atoms with Gasteiger partial charge in [0.1, 0.15) is 12.0 Å². The van der Waals surface area contributed by atoms with E-state index in [0.717, 1.165) is 56.4 Å². The van der Waals surface area contributed by atoms with E-state index in [1.807, 2.05) is 23.9 Å². The van der Waals surface area contributed by atoms with Gasteiger partial charge < -0.3 is 19.8 Å². The SMILES string of the molecule is CCNC(=NCc1coc(-c2ccc(C)cc2)n1)NCC1(SC)CCOCC1.I. The summed E-state index contributed by atoms with van der Waals surface area (Å²) in [5, 5.41) is 6.82. The van der Waals surface area contributed by atoms with Crippen molar-refractivity contribution in [1.82, 2.24) is 15.6 Å². The van der Waals surface area contributed by atoms with E-state index in [0.29, 0.717) is 12.4 Å². The maximum Gasteiger partial charge on any atom is 0.226 e. The van der Waals surface area contributed by atoms with E-state index in [-0.39, 0.29) is 28.7 Å². The van der Waals surface area contributed by atoms with Crippen molar-refractivity contribution in [3.8, 4) is 11.5 Å². The first-order valence-electron chi connectivity index (χ1n) is 9.81. The monoisotopic (exact) mass is 530 g/mol. The number of oxazole rings is 1. The van der Waals surface area contributed by atoms with E-state index >= 15 is 0 Å². The number of guanidine groups is 1. The summed E-state index contributed by atoms with van der Waals surface area (Å²) in [6.07, 6.45) is 5.98. The molecule has 1 aromatic carbocycles. The second-order valence-corrected chi connectivity index (χ2v) is 8.33. The molecule has 0 radical (unpaired) electrons. The van der Waals surface area contributed by atoms with Crippen LogP contribution in [-0.2, 0) is 11.3 Å². The molecule has 0 aliphatic carbocycles. The van der Waals surface area contributed by atoms with Gasteiger partial charge in [-0.2, -0.15) is 11.8 Å². The normalized spacial score (nSPS) is 16.2. The molecule has 0 amide bonds. The van der Waals surface area contributed by atoms with E-state index in [9.17, 15) is 0 Å². The zero-order valence-corrected chi connectivity index (χ0v) is 20.5. The first-order chi connectivity index (χ1) is 13.6. The van der Waals surface area contributed by atoms with Crippen LogP contribution in [0.15, 0.2) is 39.9 Å². The summed E-state index contributed by atoms with van der Waals surface area (Å²) < 4.78 is 11.4. The zero-order valence-electron chi connectivity index (χ0n) is 17.4. The number of ether oxygens (including phenoxy) is 1. The molecule has 6 nitrogen and oxygen atoms in total. The lowest BCUT2D eigenvalue weighted by Crippen LogP contribution is -2.47. The first-order valence-corrected chi connectivity index (χ1v) is 11.0. The van der Waals surface area contributed by atoms with Crippen LogP contribution in [0.25, 0.3) is 11.5 Å². The molecule has 1 fully saturated rings. The average Bonchev–Trinajstić information content (AvgIpc) is 3.20. The van der Waals surface area contributed by atoms with Crippen LogP contribution in [0, 0.1) is 6.92 Å². The summed E-state index contributed by atoms with van der Waals surface area (Å²) in [4.78, 5) is 9.26. The van der Waals surface area contributed by atoms with Crippen molar-refractivity contribution >= 4 is 41.7 Å². The van der Waals surface area contributed by atoms with Gasteiger partial charge in [-0.15, -0.1) is 24.0 Å². The molecule has 0 atom stereocenters. The zero-order chi connectivity index (χ0) is 19.8. The Labute approximate surface area is 194 Å². The van der Waals surface area contributed by atoms with Crippen molar-refractivity contribution < 1.29 is 9.15 Å². The summed E-state index contributed by atoms with van der Waals surface area (Å²) in [5.74, 6) is 1.44. The van der Waals surface area contributed by atoms with Gasteiger partial charge in [-0.1, -0.05) is 17.7 Å². The topological polar surface area (TPSA) is 71.7 Å². The molecule has 8 heteroatoms. The molecular weight excluding hydrogens is 499 g/mol. The van der Waals surface area contributed by atoms with Crippen molar-refractivity contribution in [3.63, 3.8) is 0 Å². The van der Waals surface area contributed by atoms with Crippen molar-refractivity contribution in [1.29, 1.82) is 0 Å². The fourth-order valence-corrected chi connectivity index (χ4v) is 3.94. The van der Waals surface area contributed by atoms with Crippen LogP contribution >= 0.6 is 35.7 Å². The van der Waals surface area contributed by atoms with Gasteiger partial charge in [0, 0.05) is 36.6 Å². The number of hydrogen-bond donors (Lipinski definition) is 2. The van der Waals surface area contributed by atoms with Crippen LogP contribution in [0.3, 0.4) is 0 Å². The fraction of sp³-hybridized carbons (Fsp3) is 0.524. The molecule has 1 saturated heterocycles. The fourth-order valence-electron chi connectivity index (χ4n) is 3.15. The quantitative estimate of drug-likeness (QED) is 0.317. The van der Waals surface area contributed by atoms with E-state index in [2.05, 4.69) is 52.8 Å². The second-order valence-electron chi connectivity index (χ2n) is 7.06. The predicted molar refractivity (Wildman–Crippen MR) is 131 cm³/mol. The number of aryl methyl sites for hydroxylation is 1. The lowest BCUT2D eigenvalue weighted by atomic mass is 9.99. The van der Waals surface area contributed by atoms with Crippen LogP contribution < -0.4 is 10.6 Å². The van der Waals surface area contributed by atoms with Gasteiger partial charge in [0.2, 0.25) is 5.89 Å². The minimum absolute atomic E-state index is 0. The van der Waals surface area contributed by atoms with Gasteiger partial charge in [0.15, 0.2) is 5.96 Å². The Morgan fingerprint density at radius 3 is 2.59 bits per heavy atom. The molecule has 0 bridgehead atoms. The van der Waals surface area contributed by atoms with Crippen LogP contribution in [0.2, 0.25) is 0 Å². The Morgan fingerprint density at radius 2 is 1.93 bits per heavy atom.